The van der Waals surface area contributed by atoms with Gasteiger partial charge in [0, 0.05) is 30.5 Å². The number of rotatable bonds is 6. The molecule has 0 heterocycles. The molecule has 28 heavy (non-hydrogen) atoms. The Morgan fingerprint density at radius 2 is 1.86 bits per heavy atom. The maximum atomic E-state index is 12.7. The zero-order chi connectivity index (χ0) is 19.8. The number of anilines is 2. The number of nitrogens with one attached hydrogen (secondary N) is 2. The molecule has 0 radical (unpaired) electrons. The first kappa shape index (κ1) is 19.7. The number of hydrogen-bond donors (Lipinski definition) is 2. The summed E-state index contributed by atoms with van der Waals surface area (Å²) in [4.78, 5) is 26.5. The number of carbonyl (C=O) groups excluding carboxylic acids is 2. The van der Waals surface area contributed by atoms with Crippen LogP contribution in [0.2, 0.25) is 0 Å². The van der Waals surface area contributed by atoms with Crippen molar-refractivity contribution in [1.82, 2.24) is 5.32 Å². The van der Waals surface area contributed by atoms with Crippen molar-refractivity contribution in [3.05, 3.63) is 71.8 Å². The van der Waals surface area contributed by atoms with Crippen LogP contribution in [0.1, 0.15) is 42.5 Å². The fourth-order valence-corrected chi connectivity index (χ4v) is 3.34. The molecular weight excluding hydrogens is 350 g/mol. The van der Waals surface area contributed by atoms with Crippen LogP contribution >= 0.6 is 0 Å². The minimum absolute atomic E-state index is 0.125. The number of nitrogens with zero attached hydrogens (tertiary/aromatic N) is 1. The van der Waals surface area contributed by atoms with Crippen LogP contribution in [0, 0.1) is 0 Å². The van der Waals surface area contributed by atoms with Crippen molar-refractivity contribution in [2.45, 2.75) is 32.1 Å². The zero-order valence-corrected chi connectivity index (χ0v) is 16.3. The van der Waals surface area contributed by atoms with Gasteiger partial charge in [0.25, 0.3) is 5.91 Å². The van der Waals surface area contributed by atoms with Crippen LogP contribution < -0.4 is 15.5 Å². The first-order valence-corrected chi connectivity index (χ1v) is 9.79. The maximum Gasteiger partial charge on any atom is 0.319 e. The van der Waals surface area contributed by atoms with Crippen molar-refractivity contribution >= 4 is 23.3 Å². The van der Waals surface area contributed by atoms with Crippen LogP contribution in [0.3, 0.4) is 0 Å². The molecular formula is C23H27N3O2. The summed E-state index contributed by atoms with van der Waals surface area (Å²) in [5.74, 6) is -0.125. The van der Waals surface area contributed by atoms with E-state index < -0.39 is 0 Å². The average molecular weight is 377 g/mol. The van der Waals surface area contributed by atoms with E-state index in [4.69, 9.17) is 0 Å². The fraction of sp³-hybridized carbons (Fsp3) is 0.304. The molecule has 2 N–H and O–H groups in total. The molecule has 1 aliphatic rings. The van der Waals surface area contributed by atoms with Gasteiger partial charge in [-0.1, -0.05) is 35.9 Å². The first-order chi connectivity index (χ1) is 13.6. The summed E-state index contributed by atoms with van der Waals surface area (Å²) < 4.78 is 0. The van der Waals surface area contributed by atoms with Crippen LogP contribution in [-0.4, -0.2) is 25.5 Å². The van der Waals surface area contributed by atoms with E-state index in [-0.39, 0.29) is 11.9 Å². The summed E-state index contributed by atoms with van der Waals surface area (Å²) in [6.07, 6.45) is 8.00. The van der Waals surface area contributed by atoms with Crippen LogP contribution in [0.15, 0.2) is 66.2 Å². The average Bonchev–Trinajstić information content (AvgIpc) is 2.74. The van der Waals surface area contributed by atoms with Gasteiger partial charge in [-0.15, -0.1) is 0 Å². The predicted molar refractivity (Wildman–Crippen MR) is 114 cm³/mol. The van der Waals surface area contributed by atoms with Gasteiger partial charge in [-0.2, -0.15) is 0 Å². The third kappa shape index (κ3) is 5.46. The predicted octanol–water partition coefficient (Wildman–Crippen LogP) is 4.98. The highest BCUT2D eigenvalue weighted by molar-refractivity contribution is 6.06. The molecule has 0 aromatic heterocycles. The summed E-state index contributed by atoms with van der Waals surface area (Å²) >= 11 is 0. The van der Waals surface area contributed by atoms with Crippen LogP contribution in [0.25, 0.3) is 0 Å². The number of carbonyl (C=O) groups is 2. The summed E-state index contributed by atoms with van der Waals surface area (Å²) in [6, 6.07) is 16.2. The summed E-state index contributed by atoms with van der Waals surface area (Å²) in [6.45, 7) is 0.618. The Labute approximate surface area is 166 Å². The summed E-state index contributed by atoms with van der Waals surface area (Å²) in [5.41, 5.74) is 3.38. The highest BCUT2D eigenvalue weighted by Crippen LogP contribution is 2.20. The van der Waals surface area contributed by atoms with E-state index in [1.165, 1.54) is 18.4 Å². The Hall–Kier alpha value is -3.08. The van der Waals surface area contributed by atoms with E-state index in [0.29, 0.717) is 17.8 Å². The lowest BCUT2D eigenvalue weighted by Crippen LogP contribution is -2.30. The molecule has 0 bridgehead atoms. The Morgan fingerprint density at radius 3 is 2.61 bits per heavy atom. The van der Waals surface area contributed by atoms with E-state index in [1.807, 2.05) is 30.3 Å². The van der Waals surface area contributed by atoms with Gasteiger partial charge in [0.05, 0.1) is 0 Å². The van der Waals surface area contributed by atoms with Gasteiger partial charge in [0.15, 0.2) is 0 Å². The topological polar surface area (TPSA) is 61.4 Å². The van der Waals surface area contributed by atoms with Crippen LogP contribution in [0.5, 0.6) is 0 Å². The SMILES string of the molecule is CN(C(=O)c1cccc(NC(=O)NCCC2=CCCCC2)c1)c1ccccc1. The van der Waals surface area contributed by atoms with Crippen molar-refractivity contribution in [2.24, 2.45) is 0 Å². The minimum Gasteiger partial charge on any atom is -0.338 e. The molecule has 0 unspecified atom stereocenters. The number of hydrogen-bond acceptors (Lipinski definition) is 2. The molecule has 0 fully saturated rings. The van der Waals surface area contributed by atoms with E-state index >= 15 is 0 Å². The molecule has 3 amide bonds. The highest BCUT2D eigenvalue weighted by atomic mass is 16.2. The molecule has 2 aromatic rings. The molecule has 1 aliphatic carbocycles. The van der Waals surface area contributed by atoms with Gasteiger partial charge in [-0.25, -0.2) is 4.79 Å². The third-order valence-corrected chi connectivity index (χ3v) is 4.93. The standard InChI is InChI=1S/C23H27N3O2/c1-26(21-13-6-3-7-14-21)22(27)19-11-8-12-20(17-19)25-23(28)24-16-15-18-9-4-2-5-10-18/h3,6-9,11-14,17H,2,4-5,10,15-16H2,1H3,(H2,24,25,28). The second-order valence-electron chi connectivity index (χ2n) is 7.02. The van der Waals surface area contributed by atoms with E-state index in [9.17, 15) is 9.59 Å². The van der Waals surface area contributed by atoms with Gasteiger partial charge in [-0.05, 0) is 62.4 Å². The Bertz CT molecular complexity index is 846. The number of amides is 3. The van der Waals surface area contributed by atoms with Crippen LogP contribution in [-0.2, 0) is 0 Å². The largest absolute Gasteiger partial charge is 0.338 e. The number of allylic oxidation sites excluding steroid dienone is 1. The molecule has 3 rings (SSSR count). The van der Waals surface area contributed by atoms with E-state index in [1.54, 1.807) is 36.2 Å². The van der Waals surface area contributed by atoms with E-state index in [0.717, 1.165) is 24.9 Å². The Morgan fingerprint density at radius 1 is 1.04 bits per heavy atom. The van der Waals surface area contributed by atoms with Gasteiger partial charge in [-0.3, -0.25) is 4.79 Å². The van der Waals surface area contributed by atoms with Crippen molar-refractivity contribution in [1.29, 1.82) is 0 Å². The molecule has 0 saturated carbocycles. The Kier molecular flexibility index (Phi) is 6.84. The highest BCUT2D eigenvalue weighted by Gasteiger charge is 2.14. The number of benzene rings is 2. The lowest BCUT2D eigenvalue weighted by atomic mass is 9.97. The summed E-state index contributed by atoms with van der Waals surface area (Å²) in [5, 5.41) is 5.70. The van der Waals surface area contributed by atoms with Crippen molar-refractivity contribution in [3.63, 3.8) is 0 Å². The second-order valence-corrected chi connectivity index (χ2v) is 7.02. The number of para-hydroxylation sites is 1. The third-order valence-electron chi connectivity index (χ3n) is 4.93. The fourth-order valence-electron chi connectivity index (χ4n) is 3.34. The molecule has 0 saturated heterocycles. The van der Waals surface area contributed by atoms with Gasteiger partial charge in [0.2, 0.25) is 0 Å². The molecule has 0 atom stereocenters. The van der Waals surface area contributed by atoms with Crippen molar-refractivity contribution < 1.29 is 9.59 Å². The Balaban J connectivity index is 1.54. The summed E-state index contributed by atoms with van der Waals surface area (Å²) in [7, 11) is 1.74. The van der Waals surface area contributed by atoms with E-state index in [2.05, 4.69) is 16.7 Å². The lowest BCUT2D eigenvalue weighted by molar-refractivity contribution is 0.0993. The first-order valence-electron chi connectivity index (χ1n) is 9.79. The smallest absolute Gasteiger partial charge is 0.319 e. The van der Waals surface area contributed by atoms with Crippen molar-refractivity contribution in [2.75, 3.05) is 23.8 Å². The molecule has 0 spiro atoms. The maximum absolute atomic E-state index is 12.7. The normalized spacial score (nSPS) is 13.4. The molecule has 0 aliphatic heterocycles. The zero-order valence-electron chi connectivity index (χ0n) is 16.3. The second kappa shape index (κ2) is 9.74. The monoisotopic (exact) mass is 377 g/mol. The van der Waals surface area contributed by atoms with Gasteiger partial charge >= 0.3 is 6.03 Å². The molecule has 5 nitrogen and oxygen atoms in total. The lowest BCUT2D eigenvalue weighted by Gasteiger charge is -2.18. The van der Waals surface area contributed by atoms with Gasteiger partial charge < -0.3 is 15.5 Å². The molecule has 146 valence electrons. The van der Waals surface area contributed by atoms with Gasteiger partial charge in [0.1, 0.15) is 0 Å². The molecule has 2 aromatic carbocycles. The van der Waals surface area contributed by atoms with Crippen LogP contribution in [0.4, 0.5) is 16.2 Å². The minimum atomic E-state index is -0.252. The number of urea groups is 1. The molecule has 5 heteroatoms. The quantitative estimate of drug-likeness (QED) is 0.698. The van der Waals surface area contributed by atoms with Crippen molar-refractivity contribution in [3.8, 4) is 0 Å².